The van der Waals surface area contributed by atoms with Gasteiger partial charge >= 0.3 is 6.09 Å². The van der Waals surface area contributed by atoms with Gasteiger partial charge in [0.25, 0.3) is 5.91 Å². The summed E-state index contributed by atoms with van der Waals surface area (Å²) < 4.78 is 5.06. The second kappa shape index (κ2) is 10.9. The van der Waals surface area contributed by atoms with Crippen molar-refractivity contribution < 1.29 is 28.7 Å². The minimum atomic E-state index is -0.985. The van der Waals surface area contributed by atoms with Gasteiger partial charge in [-0.3, -0.25) is 14.4 Å². The molecule has 156 valence electrons. The van der Waals surface area contributed by atoms with Crippen LogP contribution in [0.5, 0.6) is 0 Å². The van der Waals surface area contributed by atoms with Gasteiger partial charge in [0.1, 0.15) is 18.9 Å². The summed E-state index contributed by atoms with van der Waals surface area (Å²) in [5, 5.41) is 2.41. The molecule has 0 aromatic heterocycles. The number of benzene rings is 1. The van der Waals surface area contributed by atoms with Crippen LogP contribution in [-0.2, 0) is 30.5 Å². The first-order chi connectivity index (χ1) is 14.0. The number of nitrogens with one attached hydrogen (secondary N) is 1. The maximum atomic E-state index is 12.3. The second-order valence-electron chi connectivity index (χ2n) is 6.38. The largest absolute Gasteiger partial charge is 0.444 e. The summed E-state index contributed by atoms with van der Waals surface area (Å²) in [7, 11) is 0. The number of nitrogens with two attached hydrogens (primary N) is 1. The van der Waals surface area contributed by atoms with E-state index in [-0.39, 0.29) is 19.1 Å². The fraction of sp³-hybridized carbons (Fsp3) is 0.421. The van der Waals surface area contributed by atoms with E-state index in [9.17, 15) is 24.0 Å². The molecule has 1 atom stereocenters. The van der Waals surface area contributed by atoms with Crippen LogP contribution in [0.3, 0.4) is 0 Å². The molecule has 1 aliphatic heterocycles. The van der Waals surface area contributed by atoms with E-state index in [1.165, 1.54) is 4.90 Å². The maximum absolute atomic E-state index is 12.3. The lowest BCUT2D eigenvalue weighted by molar-refractivity contribution is -0.138. The molecule has 0 unspecified atom stereocenters. The van der Waals surface area contributed by atoms with Gasteiger partial charge in [-0.05, 0) is 18.4 Å². The van der Waals surface area contributed by atoms with Crippen LogP contribution in [0.2, 0.25) is 0 Å². The molecule has 4 amide bonds. The highest BCUT2D eigenvalue weighted by molar-refractivity contribution is 5.97. The summed E-state index contributed by atoms with van der Waals surface area (Å²) in [6, 6.07) is 8.14. The Morgan fingerprint density at radius 2 is 1.97 bits per heavy atom. The van der Waals surface area contributed by atoms with Crippen LogP contribution in [0.1, 0.15) is 18.4 Å². The van der Waals surface area contributed by atoms with Gasteiger partial charge < -0.3 is 25.5 Å². The summed E-state index contributed by atoms with van der Waals surface area (Å²) in [6.45, 7) is -0.848. The van der Waals surface area contributed by atoms with Crippen molar-refractivity contribution in [1.29, 1.82) is 0 Å². The highest BCUT2D eigenvalue weighted by atomic mass is 16.6. The fourth-order valence-corrected chi connectivity index (χ4v) is 2.98. The van der Waals surface area contributed by atoms with Crippen molar-refractivity contribution in [1.82, 2.24) is 15.1 Å². The van der Waals surface area contributed by atoms with Crippen LogP contribution < -0.4 is 11.1 Å². The molecule has 0 radical (unpaired) electrons. The molecule has 1 saturated heterocycles. The lowest BCUT2D eigenvalue weighted by Gasteiger charge is -2.24. The minimum absolute atomic E-state index is 0.0626. The average molecular weight is 404 g/mol. The summed E-state index contributed by atoms with van der Waals surface area (Å²) in [4.78, 5) is 61.5. The quantitative estimate of drug-likeness (QED) is 0.552. The summed E-state index contributed by atoms with van der Waals surface area (Å²) in [5.41, 5.74) is 6.07. The van der Waals surface area contributed by atoms with E-state index in [4.69, 9.17) is 10.5 Å². The average Bonchev–Trinajstić information content (AvgIpc) is 3.24. The summed E-state index contributed by atoms with van der Waals surface area (Å²) >= 11 is 0. The Morgan fingerprint density at radius 3 is 2.62 bits per heavy atom. The van der Waals surface area contributed by atoms with Crippen molar-refractivity contribution in [3.8, 4) is 0 Å². The van der Waals surface area contributed by atoms with Crippen LogP contribution in [0.4, 0.5) is 4.79 Å². The Bertz CT molecular complexity index is 754. The maximum Gasteiger partial charge on any atom is 0.417 e. The third kappa shape index (κ3) is 6.11. The van der Waals surface area contributed by atoms with Crippen molar-refractivity contribution in [2.45, 2.75) is 25.5 Å². The number of hydrogen-bond donors (Lipinski definition) is 2. The number of carbonyl (C=O) groups excluding carboxylic acids is 5. The van der Waals surface area contributed by atoms with Crippen molar-refractivity contribution in [3.63, 3.8) is 0 Å². The van der Waals surface area contributed by atoms with Gasteiger partial charge in [-0.2, -0.15) is 0 Å². The molecule has 3 N–H and O–H groups in total. The molecule has 0 saturated carbocycles. The van der Waals surface area contributed by atoms with Crippen molar-refractivity contribution >= 4 is 30.1 Å². The highest BCUT2D eigenvalue weighted by Gasteiger charge is 2.34. The Labute approximate surface area is 168 Å². The predicted molar refractivity (Wildman–Crippen MR) is 101 cm³/mol. The zero-order valence-electron chi connectivity index (χ0n) is 15.9. The molecule has 1 aliphatic rings. The van der Waals surface area contributed by atoms with Gasteiger partial charge in [0.2, 0.25) is 11.8 Å². The zero-order valence-corrected chi connectivity index (χ0v) is 15.9. The number of imide groups is 1. The van der Waals surface area contributed by atoms with E-state index < -0.39 is 37.0 Å². The Balaban J connectivity index is 1.89. The van der Waals surface area contributed by atoms with E-state index in [2.05, 4.69) is 5.32 Å². The van der Waals surface area contributed by atoms with E-state index in [0.29, 0.717) is 30.6 Å². The molecule has 0 spiro atoms. The Kier molecular flexibility index (Phi) is 8.28. The van der Waals surface area contributed by atoms with Gasteiger partial charge in [-0.1, -0.05) is 30.3 Å². The predicted octanol–water partition coefficient (Wildman–Crippen LogP) is -0.583. The number of amides is 4. The molecule has 1 aromatic rings. The van der Waals surface area contributed by atoms with Crippen LogP contribution in [0.25, 0.3) is 0 Å². The molecule has 1 fully saturated rings. The normalized spacial score (nSPS) is 15.5. The lowest BCUT2D eigenvalue weighted by atomic mass is 10.2. The number of aldehydes is 1. The van der Waals surface area contributed by atoms with Crippen LogP contribution >= 0.6 is 0 Å². The first kappa shape index (κ1) is 22.0. The monoisotopic (exact) mass is 404 g/mol. The molecule has 1 heterocycles. The molecule has 10 heteroatoms. The number of ether oxygens (including phenoxy) is 1. The molecular weight excluding hydrogens is 380 g/mol. The van der Waals surface area contributed by atoms with Crippen molar-refractivity contribution in [2.24, 2.45) is 5.73 Å². The second-order valence-corrected chi connectivity index (χ2v) is 6.38. The molecule has 1 aromatic carbocycles. The third-order valence-electron chi connectivity index (χ3n) is 4.45. The van der Waals surface area contributed by atoms with Crippen LogP contribution in [0.15, 0.2) is 30.3 Å². The first-order valence-electron chi connectivity index (χ1n) is 9.19. The highest BCUT2D eigenvalue weighted by Crippen LogP contribution is 2.17. The van der Waals surface area contributed by atoms with E-state index in [1.54, 1.807) is 24.3 Å². The van der Waals surface area contributed by atoms with Crippen LogP contribution in [0, 0.1) is 0 Å². The smallest absolute Gasteiger partial charge is 0.417 e. The third-order valence-corrected chi connectivity index (χ3v) is 4.45. The van der Waals surface area contributed by atoms with Crippen molar-refractivity contribution in [3.05, 3.63) is 35.9 Å². The summed E-state index contributed by atoms with van der Waals surface area (Å²) in [5.74, 6) is -1.65. The van der Waals surface area contributed by atoms with Gasteiger partial charge in [0.05, 0.1) is 19.6 Å². The molecule has 0 aliphatic carbocycles. The number of carbonyl (C=O) groups is 5. The fourth-order valence-electron chi connectivity index (χ4n) is 2.98. The number of nitrogens with zero attached hydrogens (tertiary/aromatic N) is 2. The number of rotatable bonds is 8. The molecular formula is C19H24N4O6. The SMILES string of the molecule is NCC(=O)N1CCC[C@H]1C(=O)NCC(=O)N(CC=O)C(=O)OCc1ccccc1. The van der Waals surface area contributed by atoms with E-state index in [1.807, 2.05) is 6.07 Å². The van der Waals surface area contributed by atoms with Gasteiger partial charge in [-0.15, -0.1) is 0 Å². The molecule has 2 rings (SSSR count). The minimum Gasteiger partial charge on any atom is -0.444 e. The number of hydrogen-bond acceptors (Lipinski definition) is 7. The Hall–Kier alpha value is -3.27. The molecule has 10 nitrogen and oxygen atoms in total. The number of likely N-dealkylation sites (tertiary alicyclic amines) is 1. The van der Waals surface area contributed by atoms with Crippen LogP contribution in [-0.4, -0.2) is 72.1 Å². The van der Waals surface area contributed by atoms with Gasteiger partial charge in [-0.25, -0.2) is 9.69 Å². The van der Waals surface area contributed by atoms with E-state index in [0.717, 1.165) is 5.56 Å². The topological polar surface area (TPSA) is 139 Å². The molecule has 0 bridgehead atoms. The zero-order chi connectivity index (χ0) is 21.2. The summed E-state index contributed by atoms with van der Waals surface area (Å²) in [6.07, 6.45) is 0.521. The lowest BCUT2D eigenvalue weighted by Crippen LogP contribution is -2.50. The standard InChI is InChI=1S/C19H24N4O6/c20-11-16(25)22-8-4-7-15(22)18(27)21-12-17(26)23(9-10-24)19(28)29-13-14-5-2-1-3-6-14/h1-3,5-6,10,15H,4,7-9,11-13,20H2,(H,21,27)/t15-/m0/s1. The Morgan fingerprint density at radius 1 is 1.24 bits per heavy atom. The van der Waals surface area contributed by atoms with E-state index >= 15 is 0 Å². The first-order valence-corrected chi connectivity index (χ1v) is 9.19. The van der Waals surface area contributed by atoms with Crippen molar-refractivity contribution in [2.75, 3.05) is 26.2 Å². The van der Waals surface area contributed by atoms with Gasteiger partial charge in [0, 0.05) is 6.54 Å². The van der Waals surface area contributed by atoms with Gasteiger partial charge in [0.15, 0.2) is 0 Å². The molecule has 29 heavy (non-hydrogen) atoms.